The first kappa shape index (κ1) is 28.3. The second-order valence-corrected chi connectivity index (χ2v) is 11.8. The monoisotopic (exact) mass is 599 g/mol. The van der Waals surface area contributed by atoms with Gasteiger partial charge in [-0.1, -0.05) is 164 Å². The Balaban J connectivity index is 1.11. The molecule has 0 aliphatic heterocycles. The van der Waals surface area contributed by atoms with Gasteiger partial charge in [0.15, 0.2) is 0 Å². The molecule has 1 nitrogen and oxygen atoms in total. The SMILES string of the molecule is C(=Cc1ccc(N(c2ccccc2)c2ccccc2)cc1)c1ccc(-c2c3ccccc3c(-c3ccccc3)c3ccccc23)cc1. The molecular weight excluding hydrogens is 567 g/mol. The lowest BCUT2D eigenvalue weighted by atomic mass is 9.86. The molecule has 0 saturated carbocycles. The number of para-hydroxylation sites is 2. The topological polar surface area (TPSA) is 3.24 Å². The summed E-state index contributed by atoms with van der Waals surface area (Å²) in [6.45, 7) is 0. The van der Waals surface area contributed by atoms with E-state index in [9.17, 15) is 0 Å². The molecule has 47 heavy (non-hydrogen) atoms. The summed E-state index contributed by atoms with van der Waals surface area (Å²) in [5, 5.41) is 5.10. The highest BCUT2D eigenvalue weighted by Crippen LogP contribution is 2.43. The minimum atomic E-state index is 1.13. The van der Waals surface area contributed by atoms with Gasteiger partial charge in [-0.15, -0.1) is 0 Å². The molecule has 8 rings (SSSR count). The lowest BCUT2D eigenvalue weighted by Gasteiger charge is -2.25. The van der Waals surface area contributed by atoms with Crippen molar-refractivity contribution >= 4 is 50.8 Å². The highest BCUT2D eigenvalue weighted by atomic mass is 15.1. The average molecular weight is 600 g/mol. The van der Waals surface area contributed by atoms with E-state index in [4.69, 9.17) is 0 Å². The van der Waals surface area contributed by atoms with Crippen molar-refractivity contribution in [3.63, 3.8) is 0 Å². The minimum absolute atomic E-state index is 1.13. The van der Waals surface area contributed by atoms with E-state index in [1.807, 2.05) is 0 Å². The Morgan fingerprint density at radius 3 is 1.02 bits per heavy atom. The number of nitrogens with zero attached hydrogens (tertiary/aromatic N) is 1. The van der Waals surface area contributed by atoms with Crippen LogP contribution in [0, 0.1) is 0 Å². The first-order chi connectivity index (χ1) is 23.3. The standard InChI is InChI=1S/C46H33N/c1-4-14-36(15-5-1)45-41-20-10-12-22-43(41)46(44-23-13-11-21-42(44)45)37-30-26-34(27-31-37)24-25-35-28-32-40(33-29-35)47(38-16-6-2-7-17-38)39-18-8-3-9-19-39/h1-33H. The molecule has 0 saturated heterocycles. The van der Waals surface area contributed by atoms with E-state index >= 15 is 0 Å². The molecule has 0 aliphatic rings. The zero-order chi connectivity index (χ0) is 31.4. The van der Waals surface area contributed by atoms with Crippen molar-refractivity contribution in [1.29, 1.82) is 0 Å². The Labute approximate surface area is 276 Å². The average Bonchev–Trinajstić information content (AvgIpc) is 3.15. The molecule has 0 radical (unpaired) electrons. The molecule has 0 amide bonds. The van der Waals surface area contributed by atoms with Crippen molar-refractivity contribution in [2.45, 2.75) is 0 Å². The van der Waals surface area contributed by atoms with Crippen molar-refractivity contribution in [3.05, 3.63) is 199 Å². The predicted octanol–water partition coefficient (Wildman–Crippen LogP) is 13.0. The number of rotatable bonds is 7. The summed E-state index contributed by atoms with van der Waals surface area (Å²) in [6, 6.07) is 67.1. The quantitative estimate of drug-likeness (QED) is 0.130. The molecule has 0 N–H and O–H groups in total. The fraction of sp³-hybridized carbons (Fsp3) is 0. The molecule has 0 spiro atoms. The summed E-state index contributed by atoms with van der Waals surface area (Å²) >= 11 is 0. The Hall–Kier alpha value is -6.18. The molecule has 0 atom stereocenters. The maximum Gasteiger partial charge on any atom is 0.0462 e. The molecule has 0 fully saturated rings. The van der Waals surface area contributed by atoms with Crippen LogP contribution in [0.15, 0.2) is 188 Å². The summed E-state index contributed by atoms with van der Waals surface area (Å²) in [4.78, 5) is 2.28. The predicted molar refractivity (Wildman–Crippen MR) is 202 cm³/mol. The van der Waals surface area contributed by atoms with Gasteiger partial charge in [0.25, 0.3) is 0 Å². The zero-order valence-electron chi connectivity index (χ0n) is 26.0. The highest BCUT2D eigenvalue weighted by molar-refractivity contribution is 6.21. The van der Waals surface area contributed by atoms with Gasteiger partial charge in [0.05, 0.1) is 0 Å². The van der Waals surface area contributed by atoms with E-state index in [-0.39, 0.29) is 0 Å². The van der Waals surface area contributed by atoms with Crippen molar-refractivity contribution in [2.75, 3.05) is 4.90 Å². The maximum atomic E-state index is 2.28. The van der Waals surface area contributed by atoms with Crippen LogP contribution in [0.2, 0.25) is 0 Å². The minimum Gasteiger partial charge on any atom is -0.311 e. The van der Waals surface area contributed by atoms with Crippen LogP contribution >= 0.6 is 0 Å². The van der Waals surface area contributed by atoms with Crippen LogP contribution in [-0.2, 0) is 0 Å². The third-order valence-corrected chi connectivity index (χ3v) is 8.84. The van der Waals surface area contributed by atoms with Gasteiger partial charge in [-0.3, -0.25) is 0 Å². The van der Waals surface area contributed by atoms with Gasteiger partial charge in [0.1, 0.15) is 0 Å². The Morgan fingerprint density at radius 2 is 0.596 bits per heavy atom. The number of benzene rings is 8. The zero-order valence-corrected chi connectivity index (χ0v) is 26.0. The second-order valence-electron chi connectivity index (χ2n) is 11.8. The first-order valence-corrected chi connectivity index (χ1v) is 16.1. The Bertz CT molecular complexity index is 2210. The van der Waals surface area contributed by atoms with Gasteiger partial charge in [-0.05, 0) is 91.3 Å². The van der Waals surface area contributed by atoms with Crippen LogP contribution in [-0.4, -0.2) is 0 Å². The van der Waals surface area contributed by atoms with Crippen molar-refractivity contribution in [3.8, 4) is 22.3 Å². The number of hydrogen-bond donors (Lipinski definition) is 0. The lowest BCUT2D eigenvalue weighted by Crippen LogP contribution is -2.09. The molecule has 0 aromatic heterocycles. The van der Waals surface area contributed by atoms with Crippen LogP contribution in [0.25, 0.3) is 56.0 Å². The molecule has 1 heteroatoms. The number of hydrogen-bond acceptors (Lipinski definition) is 1. The summed E-state index contributed by atoms with van der Waals surface area (Å²) < 4.78 is 0. The molecule has 8 aromatic rings. The van der Waals surface area contributed by atoms with E-state index in [0.29, 0.717) is 0 Å². The molecule has 8 aromatic carbocycles. The van der Waals surface area contributed by atoms with E-state index in [1.165, 1.54) is 49.4 Å². The van der Waals surface area contributed by atoms with E-state index in [0.717, 1.165) is 22.6 Å². The summed E-state index contributed by atoms with van der Waals surface area (Å²) in [6.07, 6.45) is 4.38. The Kier molecular flexibility index (Phi) is 7.63. The van der Waals surface area contributed by atoms with Crippen molar-refractivity contribution < 1.29 is 0 Å². The summed E-state index contributed by atoms with van der Waals surface area (Å²) in [7, 11) is 0. The molecule has 0 unspecified atom stereocenters. The molecular formula is C46H33N. The van der Waals surface area contributed by atoms with Gasteiger partial charge < -0.3 is 4.90 Å². The molecule has 222 valence electrons. The van der Waals surface area contributed by atoms with Gasteiger partial charge in [-0.2, -0.15) is 0 Å². The third kappa shape index (κ3) is 5.60. The highest BCUT2D eigenvalue weighted by Gasteiger charge is 2.16. The van der Waals surface area contributed by atoms with Crippen LogP contribution in [0.3, 0.4) is 0 Å². The normalized spacial score (nSPS) is 11.3. The van der Waals surface area contributed by atoms with Crippen LogP contribution in [0.4, 0.5) is 17.1 Å². The summed E-state index contributed by atoms with van der Waals surface area (Å²) in [5.74, 6) is 0. The van der Waals surface area contributed by atoms with Gasteiger partial charge >= 0.3 is 0 Å². The Morgan fingerprint density at radius 1 is 0.277 bits per heavy atom. The van der Waals surface area contributed by atoms with E-state index < -0.39 is 0 Å². The molecule has 0 bridgehead atoms. The fourth-order valence-corrected chi connectivity index (χ4v) is 6.64. The van der Waals surface area contributed by atoms with Gasteiger partial charge in [0.2, 0.25) is 0 Å². The smallest absolute Gasteiger partial charge is 0.0462 e. The maximum absolute atomic E-state index is 2.28. The first-order valence-electron chi connectivity index (χ1n) is 16.1. The number of anilines is 3. The largest absolute Gasteiger partial charge is 0.311 e. The fourth-order valence-electron chi connectivity index (χ4n) is 6.64. The third-order valence-electron chi connectivity index (χ3n) is 8.84. The van der Waals surface area contributed by atoms with E-state index in [1.54, 1.807) is 0 Å². The van der Waals surface area contributed by atoms with Crippen LogP contribution < -0.4 is 4.90 Å². The number of fused-ring (bicyclic) bond motifs is 2. The van der Waals surface area contributed by atoms with Crippen molar-refractivity contribution in [2.24, 2.45) is 0 Å². The lowest BCUT2D eigenvalue weighted by molar-refractivity contribution is 1.28. The van der Waals surface area contributed by atoms with Crippen LogP contribution in [0.1, 0.15) is 11.1 Å². The molecule has 0 aliphatic carbocycles. The van der Waals surface area contributed by atoms with Crippen molar-refractivity contribution in [1.82, 2.24) is 0 Å². The van der Waals surface area contributed by atoms with Gasteiger partial charge in [0, 0.05) is 17.1 Å². The van der Waals surface area contributed by atoms with Crippen LogP contribution in [0.5, 0.6) is 0 Å². The summed E-state index contributed by atoms with van der Waals surface area (Å²) in [5.41, 5.74) is 10.8. The second kappa shape index (κ2) is 12.7. The molecule has 0 heterocycles. The van der Waals surface area contributed by atoms with Gasteiger partial charge in [-0.25, -0.2) is 0 Å². The van der Waals surface area contributed by atoms with E-state index in [2.05, 4.69) is 205 Å².